The van der Waals surface area contributed by atoms with Crippen LogP contribution in [0.3, 0.4) is 0 Å². The third-order valence-electron chi connectivity index (χ3n) is 4.84. The van der Waals surface area contributed by atoms with Crippen molar-refractivity contribution in [1.29, 1.82) is 0 Å². The lowest BCUT2D eigenvalue weighted by molar-refractivity contribution is 0.0840. The molecule has 1 fully saturated rings. The van der Waals surface area contributed by atoms with Crippen molar-refractivity contribution in [3.8, 4) is 0 Å². The van der Waals surface area contributed by atoms with Crippen LogP contribution in [0.2, 0.25) is 0 Å². The van der Waals surface area contributed by atoms with Crippen molar-refractivity contribution in [2.24, 2.45) is 5.73 Å². The molecular weight excluding hydrogens is 332 g/mol. The van der Waals surface area contributed by atoms with Crippen molar-refractivity contribution in [2.45, 2.75) is 37.0 Å². The minimum atomic E-state index is 0.191. The highest BCUT2D eigenvalue weighted by Crippen LogP contribution is 2.36. The summed E-state index contributed by atoms with van der Waals surface area (Å²) in [6.45, 7) is 5.50. The van der Waals surface area contributed by atoms with Crippen LogP contribution >= 0.6 is 27.7 Å². The fraction of sp³-hybridized carbons (Fsp3) is 0.625. The molecular formula is C16H23BrN2S. The topological polar surface area (TPSA) is 29.3 Å². The van der Waals surface area contributed by atoms with Crippen LogP contribution in [-0.2, 0) is 12.8 Å². The number of hydrogen-bond acceptors (Lipinski definition) is 3. The van der Waals surface area contributed by atoms with E-state index in [4.69, 9.17) is 5.73 Å². The minimum absolute atomic E-state index is 0.191. The van der Waals surface area contributed by atoms with E-state index >= 15 is 0 Å². The summed E-state index contributed by atoms with van der Waals surface area (Å²) < 4.78 is 1.19. The molecule has 4 heteroatoms. The lowest BCUT2D eigenvalue weighted by Gasteiger charge is -2.49. The molecule has 1 aromatic rings. The number of rotatable bonds is 2. The van der Waals surface area contributed by atoms with Gasteiger partial charge in [-0.2, -0.15) is 11.8 Å². The van der Waals surface area contributed by atoms with E-state index < -0.39 is 0 Å². The van der Waals surface area contributed by atoms with Crippen LogP contribution in [0.1, 0.15) is 24.5 Å². The second-order valence-corrected chi connectivity index (χ2v) is 8.61. The van der Waals surface area contributed by atoms with Gasteiger partial charge in [-0.3, -0.25) is 4.90 Å². The van der Waals surface area contributed by atoms with E-state index in [-0.39, 0.29) is 5.54 Å². The molecule has 0 radical (unpaired) electrons. The second kappa shape index (κ2) is 5.99. The van der Waals surface area contributed by atoms with Gasteiger partial charge in [0.25, 0.3) is 0 Å². The van der Waals surface area contributed by atoms with Gasteiger partial charge in [-0.25, -0.2) is 0 Å². The number of nitrogens with zero attached hydrogens (tertiary/aromatic N) is 1. The zero-order valence-corrected chi connectivity index (χ0v) is 14.5. The molecule has 2 aliphatic rings. The van der Waals surface area contributed by atoms with E-state index in [1.54, 1.807) is 0 Å². The van der Waals surface area contributed by atoms with Crippen LogP contribution in [0, 0.1) is 0 Å². The summed E-state index contributed by atoms with van der Waals surface area (Å²) in [5.74, 6) is 1.25. The second-order valence-electron chi connectivity index (χ2n) is 6.15. The molecule has 2 unspecified atom stereocenters. The van der Waals surface area contributed by atoms with E-state index in [0.29, 0.717) is 0 Å². The molecule has 1 saturated heterocycles. The van der Waals surface area contributed by atoms with Crippen LogP contribution in [0.5, 0.6) is 0 Å². The molecule has 0 aromatic heterocycles. The molecule has 110 valence electrons. The largest absolute Gasteiger partial charge is 0.329 e. The van der Waals surface area contributed by atoms with Gasteiger partial charge in [0.1, 0.15) is 0 Å². The lowest BCUT2D eigenvalue weighted by atomic mass is 9.76. The Balaban J connectivity index is 1.85. The Bertz CT molecular complexity index is 493. The van der Waals surface area contributed by atoms with Crippen LogP contribution in [0.4, 0.5) is 0 Å². The molecule has 0 spiro atoms. The van der Waals surface area contributed by atoms with E-state index in [0.717, 1.165) is 24.6 Å². The number of thioether (sulfide) groups is 1. The summed E-state index contributed by atoms with van der Waals surface area (Å²) in [4.78, 5) is 2.68. The molecule has 0 saturated carbocycles. The molecule has 0 bridgehead atoms. The molecule has 2 N–H and O–H groups in total. The van der Waals surface area contributed by atoms with Crippen LogP contribution < -0.4 is 5.73 Å². The van der Waals surface area contributed by atoms with Crippen molar-refractivity contribution in [3.05, 3.63) is 33.8 Å². The summed E-state index contributed by atoms with van der Waals surface area (Å²) in [5.41, 5.74) is 9.43. The van der Waals surface area contributed by atoms with Gasteiger partial charge in [-0.15, -0.1) is 0 Å². The number of fused-ring (bicyclic) bond motifs is 1. The van der Waals surface area contributed by atoms with Gasteiger partial charge < -0.3 is 5.73 Å². The summed E-state index contributed by atoms with van der Waals surface area (Å²) in [5, 5.41) is 0.735. The van der Waals surface area contributed by atoms with Gasteiger partial charge in [0.05, 0.1) is 0 Å². The quantitative estimate of drug-likeness (QED) is 0.884. The Morgan fingerprint density at radius 1 is 1.45 bits per heavy atom. The Morgan fingerprint density at radius 3 is 3.05 bits per heavy atom. The number of halogens is 1. The molecule has 2 atom stereocenters. The van der Waals surface area contributed by atoms with E-state index in [1.165, 1.54) is 40.9 Å². The normalized spacial score (nSPS) is 31.1. The smallest absolute Gasteiger partial charge is 0.0375 e. The average molecular weight is 355 g/mol. The maximum Gasteiger partial charge on any atom is 0.0375 e. The van der Waals surface area contributed by atoms with E-state index in [2.05, 4.69) is 57.7 Å². The number of aryl methyl sites for hydroxylation is 1. The first-order valence-corrected chi connectivity index (χ1v) is 9.31. The third-order valence-corrected chi connectivity index (χ3v) is 6.47. The van der Waals surface area contributed by atoms with Crippen molar-refractivity contribution in [1.82, 2.24) is 4.90 Å². The molecule has 1 aliphatic heterocycles. The third kappa shape index (κ3) is 2.80. The molecule has 1 heterocycles. The lowest BCUT2D eigenvalue weighted by Crippen LogP contribution is -2.60. The number of nitrogens with two attached hydrogens (primary N) is 1. The zero-order chi connectivity index (χ0) is 14.2. The van der Waals surface area contributed by atoms with Crippen molar-refractivity contribution >= 4 is 27.7 Å². The summed E-state index contributed by atoms with van der Waals surface area (Å²) in [7, 11) is 0. The SMILES string of the molecule is CC1CN(C2(CN)CCc3cc(Br)ccc3C2)CCS1. The summed E-state index contributed by atoms with van der Waals surface area (Å²) in [6, 6.07) is 6.73. The predicted octanol–water partition coefficient (Wildman–Crippen LogP) is 3.07. The predicted molar refractivity (Wildman–Crippen MR) is 91.4 cm³/mol. The number of hydrogen-bond donors (Lipinski definition) is 1. The van der Waals surface area contributed by atoms with Gasteiger partial charge in [0, 0.05) is 40.6 Å². The van der Waals surface area contributed by atoms with Crippen molar-refractivity contribution in [3.63, 3.8) is 0 Å². The minimum Gasteiger partial charge on any atom is -0.329 e. The van der Waals surface area contributed by atoms with Gasteiger partial charge in [-0.1, -0.05) is 28.9 Å². The summed E-state index contributed by atoms with van der Waals surface area (Å²) >= 11 is 5.68. The fourth-order valence-corrected chi connectivity index (χ4v) is 5.05. The zero-order valence-electron chi connectivity index (χ0n) is 12.1. The first-order valence-electron chi connectivity index (χ1n) is 7.47. The molecule has 2 nitrogen and oxygen atoms in total. The average Bonchev–Trinajstić information content (AvgIpc) is 2.47. The fourth-order valence-electron chi connectivity index (χ4n) is 3.63. The molecule has 1 aromatic carbocycles. The molecule has 0 amide bonds. The van der Waals surface area contributed by atoms with Crippen molar-refractivity contribution in [2.75, 3.05) is 25.4 Å². The molecule has 20 heavy (non-hydrogen) atoms. The first-order chi connectivity index (χ1) is 9.63. The van der Waals surface area contributed by atoms with E-state index in [1.807, 2.05) is 0 Å². The highest BCUT2D eigenvalue weighted by molar-refractivity contribution is 9.10. The highest BCUT2D eigenvalue weighted by Gasteiger charge is 2.40. The maximum absolute atomic E-state index is 6.24. The van der Waals surface area contributed by atoms with Gasteiger partial charge in [0.2, 0.25) is 0 Å². The maximum atomic E-state index is 6.24. The first kappa shape index (κ1) is 14.9. The van der Waals surface area contributed by atoms with Crippen LogP contribution in [0.25, 0.3) is 0 Å². The summed E-state index contributed by atoms with van der Waals surface area (Å²) in [6.07, 6.45) is 3.47. The standard InChI is InChI=1S/C16H23BrN2S/c1-12-10-19(6-7-20-12)16(11-18)5-4-13-8-15(17)3-2-14(13)9-16/h2-3,8,12H,4-7,9-11,18H2,1H3. The van der Waals surface area contributed by atoms with Gasteiger partial charge in [-0.05, 0) is 42.5 Å². The van der Waals surface area contributed by atoms with Crippen LogP contribution in [-0.4, -0.2) is 41.1 Å². The molecule has 3 rings (SSSR count). The highest BCUT2D eigenvalue weighted by atomic mass is 79.9. The Hall–Kier alpha value is -0.0300. The van der Waals surface area contributed by atoms with E-state index in [9.17, 15) is 0 Å². The number of benzene rings is 1. The van der Waals surface area contributed by atoms with Crippen molar-refractivity contribution < 1.29 is 0 Å². The Labute approximate surface area is 134 Å². The van der Waals surface area contributed by atoms with Gasteiger partial charge in [0.15, 0.2) is 0 Å². The Kier molecular flexibility index (Phi) is 4.46. The van der Waals surface area contributed by atoms with Gasteiger partial charge >= 0.3 is 0 Å². The Morgan fingerprint density at radius 2 is 2.30 bits per heavy atom. The van der Waals surface area contributed by atoms with Crippen LogP contribution in [0.15, 0.2) is 22.7 Å². The monoisotopic (exact) mass is 354 g/mol. The molecule has 1 aliphatic carbocycles.